The maximum absolute atomic E-state index is 12.8. The molecule has 1 heterocycles. The lowest BCUT2D eigenvalue weighted by molar-refractivity contribution is -0.139. The first kappa shape index (κ1) is 56.6. The molecule has 6 rings (SSSR count). The van der Waals surface area contributed by atoms with Crippen LogP contribution in [0.25, 0.3) is 0 Å². The van der Waals surface area contributed by atoms with Gasteiger partial charge in [0.25, 0.3) is 0 Å². The van der Waals surface area contributed by atoms with Crippen LogP contribution in [0.2, 0.25) is 0 Å². The van der Waals surface area contributed by atoms with Gasteiger partial charge in [0.15, 0.2) is 0 Å². The van der Waals surface area contributed by atoms with Crippen LogP contribution in [0, 0.1) is 0 Å². The van der Waals surface area contributed by atoms with Crippen molar-refractivity contribution in [1.82, 2.24) is 0 Å². The van der Waals surface area contributed by atoms with Crippen molar-refractivity contribution >= 4 is 58.8 Å². The third-order valence-electron chi connectivity index (χ3n) is 9.55. The summed E-state index contributed by atoms with van der Waals surface area (Å²) in [6.45, 7) is 13.2. The lowest BCUT2D eigenvalue weighted by Crippen LogP contribution is -2.13. The van der Waals surface area contributed by atoms with E-state index >= 15 is 0 Å². The van der Waals surface area contributed by atoms with Gasteiger partial charge in [-0.25, -0.2) is 28.8 Å². The molecule has 0 fully saturated rings. The van der Waals surface area contributed by atoms with Crippen molar-refractivity contribution in [3.8, 4) is 28.7 Å². The quantitative estimate of drug-likeness (QED) is 0.0173. The second kappa shape index (κ2) is 26.5. The Balaban J connectivity index is 1.69. The molecule has 1 unspecified atom stereocenters. The number of esters is 6. The number of carbonyl (C=O) groups excluding carboxylic acids is 6. The monoisotopic (exact) mass is 1090 g/mol. The minimum atomic E-state index is -4.60. The Morgan fingerprint density at radius 1 is 0.360 bits per heavy atom. The highest BCUT2D eigenvalue weighted by Crippen LogP contribution is 2.79. The Labute approximate surface area is 433 Å². The largest absolute Gasteiger partial charge is 0.462 e. The van der Waals surface area contributed by atoms with Crippen LogP contribution >= 0.6 is 23.0 Å². The molecule has 0 aliphatic carbocycles. The molecule has 0 saturated carbocycles. The molecule has 0 amide bonds. The molecule has 1 aliphatic rings. The van der Waals surface area contributed by atoms with Gasteiger partial charge in [-0.1, -0.05) is 11.1 Å². The Kier molecular flexibility index (Phi) is 20.0. The maximum atomic E-state index is 12.8. The Morgan fingerprint density at radius 2 is 0.587 bits per heavy atom. The number of rotatable bonds is 25. The number of benzene rings is 5. The number of hydrogen-bond donors (Lipinski definition) is 0. The molecule has 75 heavy (non-hydrogen) atoms. The lowest BCUT2D eigenvalue weighted by atomic mass is 10.2. The van der Waals surface area contributed by atoms with E-state index in [1.165, 1.54) is 128 Å². The molecular formula is C51H54N3O18P3. The molecule has 396 valence electrons. The van der Waals surface area contributed by atoms with Gasteiger partial charge in [0.2, 0.25) is 0 Å². The topological polar surface area (TPSA) is 250 Å². The predicted molar refractivity (Wildman–Crippen MR) is 275 cm³/mol. The third kappa shape index (κ3) is 15.7. The van der Waals surface area contributed by atoms with E-state index < -0.39 is 72.0 Å². The second-order valence-electron chi connectivity index (χ2n) is 15.2. The van der Waals surface area contributed by atoms with Crippen LogP contribution in [-0.4, -0.2) is 82.1 Å². The molecule has 0 saturated heterocycles. The fraction of sp³-hybridized carbons (Fsp3) is 0.255. The fourth-order valence-electron chi connectivity index (χ4n) is 6.21. The van der Waals surface area contributed by atoms with Gasteiger partial charge in [-0.05, 0) is 163 Å². The molecule has 0 aromatic heterocycles. The molecule has 1 atom stereocenters. The summed E-state index contributed by atoms with van der Waals surface area (Å²) in [6, 6.07) is 28.8. The zero-order chi connectivity index (χ0) is 54.0. The van der Waals surface area contributed by atoms with Crippen LogP contribution in [-0.2, 0) is 37.7 Å². The summed E-state index contributed by atoms with van der Waals surface area (Å²) in [7, 11) is -13.7. The number of hydrogen-bond acceptors (Lipinski definition) is 21. The van der Waals surface area contributed by atoms with E-state index in [2.05, 4.69) is 6.58 Å². The number of carbonyl (C=O) groups is 6. The summed E-state index contributed by atoms with van der Waals surface area (Å²) < 4.78 is 87.1. The van der Waals surface area contributed by atoms with Crippen molar-refractivity contribution in [2.45, 2.75) is 41.5 Å². The average molecular weight is 1090 g/mol. The molecule has 0 N–H and O–H groups in total. The summed E-state index contributed by atoms with van der Waals surface area (Å²) >= 11 is 0. The summed E-state index contributed by atoms with van der Waals surface area (Å²) in [5.41, 5.74) is 0.982. The zero-order valence-electron chi connectivity index (χ0n) is 41.7. The van der Waals surface area contributed by atoms with Crippen molar-refractivity contribution in [3.63, 3.8) is 0 Å². The van der Waals surface area contributed by atoms with Gasteiger partial charge in [0.1, 0.15) is 35.4 Å². The predicted octanol–water partition coefficient (Wildman–Crippen LogP) is 12.3. The molecule has 1 aliphatic heterocycles. The van der Waals surface area contributed by atoms with Crippen molar-refractivity contribution in [1.29, 1.82) is 0 Å². The van der Waals surface area contributed by atoms with E-state index in [4.69, 9.17) is 69.1 Å². The summed E-state index contributed by atoms with van der Waals surface area (Å²) in [4.78, 5) is 76.6. The number of nitrogens with zero attached hydrogens (tertiary/aromatic N) is 3. The van der Waals surface area contributed by atoms with E-state index in [0.717, 1.165) is 0 Å². The SMILES string of the molecule is C=C(C)C(=O)OCCOP1(Oc2ccc(C(=O)OCC)cc2)=NP(Oc2ccc(C(=O)OCC)cc2)(Oc2ccc(C(=O)OCC)cc2)=NP(Oc2ccc(C(=O)OCC)cc2)(Oc2ccc(C(=O)OCC)cc2)=N1. The highest BCUT2D eigenvalue weighted by molar-refractivity contribution is 7.79. The Bertz CT molecular complexity index is 2770. The van der Waals surface area contributed by atoms with Gasteiger partial charge in [0.05, 0.1) is 67.5 Å². The van der Waals surface area contributed by atoms with Gasteiger partial charge >= 0.3 is 58.8 Å². The molecule has 5 aromatic rings. The Morgan fingerprint density at radius 3 is 0.827 bits per heavy atom. The van der Waals surface area contributed by atoms with Gasteiger partial charge < -0.3 is 51.0 Å². The average Bonchev–Trinajstić information content (AvgIpc) is 3.38. The molecule has 21 nitrogen and oxygen atoms in total. The number of ether oxygens (including phenoxy) is 6. The van der Waals surface area contributed by atoms with E-state index in [1.54, 1.807) is 34.6 Å². The lowest BCUT2D eigenvalue weighted by Gasteiger charge is -2.33. The zero-order valence-corrected chi connectivity index (χ0v) is 44.4. The molecule has 0 spiro atoms. The Hall–Kier alpha value is -7.69. The van der Waals surface area contributed by atoms with Crippen molar-refractivity contribution in [2.75, 3.05) is 46.2 Å². The second-order valence-corrected chi connectivity index (χ2v) is 21.4. The van der Waals surface area contributed by atoms with Gasteiger partial charge in [-0.2, -0.15) is 0 Å². The molecule has 5 aromatic carbocycles. The fourth-order valence-corrected chi connectivity index (χ4v) is 15.3. The first-order valence-corrected chi connectivity index (χ1v) is 27.9. The molecule has 0 radical (unpaired) electrons. The molecule has 24 heteroatoms. The van der Waals surface area contributed by atoms with Crippen LogP contribution in [0.1, 0.15) is 93.3 Å². The van der Waals surface area contributed by atoms with E-state index in [1.807, 2.05) is 0 Å². The van der Waals surface area contributed by atoms with E-state index in [9.17, 15) is 28.8 Å². The highest BCUT2D eigenvalue weighted by atomic mass is 31.3. The highest BCUT2D eigenvalue weighted by Gasteiger charge is 2.48. The van der Waals surface area contributed by atoms with Crippen molar-refractivity contribution in [3.05, 3.63) is 161 Å². The van der Waals surface area contributed by atoms with Crippen LogP contribution in [0.5, 0.6) is 28.7 Å². The summed E-state index contributed by atoms with van der Waals surface area (Å²) in [6.07, 6.45) is 0. The normalized spacial score (nSPS) is 14.9. The van der Waals surface area contributed by atoms with Crippen molar-refractivity contribution < 1.29 is 84.3 Å². The molecular weight excluding hydrogens is 1040 g/mol. The van der Waals surface area contributed by atoms with Gasteiger partial charge in [-0.3, -0.25) is 4.52 Å². The summed E-state index contributed by atoms with van der Waals surface area (Å²) in [5.74, 6) is -3.66. The van der Waals surface area contributed by atoms with Crippen molar-refractivity contribution in [2.24, 2.45) is 13.5 Å². The minimum Gasteiger partial charge on any atom is -0.462 e. The maximum Gasteiger partial charge on any atom is 0.460 e. The smallest absolute Gasteiger partial charge is 0.460 e. The standard InChI is InChI=1S/C51H54N3O18P3/c1-8-61-47(56)36-13-23-41(24-14-36)68-73(67-34-33-66-46(55)35(6)7)52-74(69-42-25-15-37(16-26-42)48(57)62-9-2,70-43-27-17-38(18-28-43)49(58)63-10-3)54-75(53-73,71-44-29-19-39(20-30-44)50(59)64-11-4)72-45-31-21-40(22-32-45)51(60)65-12-5/h13-32H,6,8-12,33-34H2,1-5,7H3. The summed E-state index contributed by atoms with van der Waals surface area (Å²) in [5, 5.41) is 0. The van der Waals surface area contributed by atoms with Gasteiger partial charge in [-0.15, -0.1) is 9.03 Å². The van der Waals surface area contributed by atoms with E-state index in [-0.39, 0.29) is 95.2 Å². The molecule has 0 bridgehead atoms. The third-order valence-corrected chi connectivity index (χ3v) is 17.7. The van der Waals surface area contributed by atoms with Crippen LogP contribution in [0.3, 0.4) is 0 Å². The van der Waals surface area contributed by atoms with E-state index in [0.29, 0.717) is 0 Å². The van der Waals surface area contributed by atoms with Crippen LogP contribution < -0.4 is 22.6 Å². The first-order chi connectivity index (χ1) is 36.1. The first-order valence-electron chi connectivity index (χ1n) is 23.3. The van der Waals surface area contributed by atoms with Gasteiger partial charge in [0, 0.05) is 5.57 Å². The minimum absolute atomic E-state index is 0.0241. The van der Waals surface area contributed by atoms with Crippen LogP contribution in [0.15, 0.2) is 147 Å². The van der Waals surface area contributed by atoms with Crippen LogP contribution in [0.4, 0.5) is 0 Å².